The van der Waals surface area contributed by atoms with Crippen LogP contribution >= 0.6 is 0 Å². The van der Waals surface area contributed by atoms with E-state index in [1.165, 1.54) is 33.5 Å². The smallest absolute Gasteiger partial charge is 0.433 e. The summed E-state index contributed by atoms with van der Waals surface area (Å²) in [5.41, 5.74) is 0.682. The van der Waals surface area contributed by atoms with Gasteiger partial charge in [0.2, 0.25) is 5.75 Å². The molecule has 1 atom stereocenters. The number of nitrogens with zero attached hydrogens (tertiary/aromatic N) is 2. The summed E-state index contributed by atoms with van der Waals surface area (Å²) in [6, 6.07) is 4.05. The predicted molar refractivity (Wildman–Crippen MR) is 87.5 cm³/mol. The van der Waals surface area contributed by atoms with Crippen LogP contribution in [0.2, 0.25) is 0 Å². The molecule has 0 amide bonds. The maximum atomic E-state index is 11.5. The summed E-state index contributed by atoms with van der Waals surface area (Å²) in [6.45, 7) is 0. The van der Waals surface area contributed by atoms with E-state index in [9.17, 15) is 14.9 Å². The molecule has 10 nitrogen and oxygen atoms in total. The van der Waals surface area contributed by atoms with Crippen LogP contribution in [0.3, 0.4) is 0 Å². The van der Waals surface area contributed by atoms with Crippen LogP contribution in [-0.2, 0) is 9.53 Å². The van der Waals surface area contributed by atoms with Crippen LogP contribution in [-0.4, -0.2) is 38.4 Å². The fraction of sp³-hybridized carbons (Fsp3) is 0.250. The van der Waals surface area contributed by atoms with Gasteiger partial charge < -0.3 is 23.4 Å². The quantitative estimate of drug-likeness (QED) is 0.436. The molecular weight excluding hydrogens is 348 g/mol. The number of aliphatic imine (C=N–C) groups is 1. The zero-order chi connectivity index (χ0) is 18.8. The van der Waals surface area contributed by atoms with Gasteiger partial charge in [-0.15, -0.1) is 0 Å². The highest BCUT2D eigenvalue weighted by molar-refractivity contribution is 5.98. The number of carbonyl (C=O) groups is 1. The van der Waals surface area contributed by atoms with Gasteiger partial charge in [-0.1, -0.05) is 0 Å². The summed E-state index contributed by atoms with van der Waals surface area (Å²) in [4.78, 5) is 25.9. The standard InChI is InChI=1S/C16H14N2O8/c1-22-10-6-8-11(7-19)26-16(9-4-5-12(25-9)18(20)21)17-13(8)15(24-3)14(10)23-2/h4-7,11H,1-3H3. The minimum atomic E-state index is -1.03. The molecular formula is C16H14N2O8. The van der Waals surface area contributed by atoms with E-state index in [0.717, 1.165) is 0 Å². The van der Waals surface area contributed by atoms with Crippen LogP contribution in [0.5, 0.6) is 17.2 Å². The average molecular weight is 362 g/mol. The Labute approximate surface area is 147 Å². The van der Waals surface area contributed by atoms with Gasteiger partial charge >= 0.3 is 5.88 Å². The van der Waals surface area contributed by atoms with Crippen molar-refractivity contribution in [3.05, 3.63) is 39.6 Å². The molecule has 0 saturated heterocycles. The normalized spacial score (nSPS) is 15.3. The van der Waals surface area contributed by atoms with E-state index in [0.29, 0.717) is 17.6 Å². The molecule has 1 aliphatic rings. The van der Waals surface area contributed by atoms with Gasteiger partial charge in [-0.2, -0.15) is 0 Å². The fourth-order valence-electron chi connectivity index (χ4n) is 2.56. The van der Waals surface area contributed by atoms with Gasteiger partial charge in [0.05, 0.1) is 27.4 Å². The number of hydrogen-bond donors (Lipinski definition) is 0. The van der Waals surface area contributed by atoms with E-state index in [4.69, 9.17) is 23.4 Å². The van der Waals surface area contributed by atoms with Crippen molar-refractivity contribution >= 4 is 23.8 Å². The van der Waals surface area contributed by atoms with E-state index < -0.39 is 16.9 Å². The molecule has 1 aromatic carbocycles. The Kier molecular flexibility index (Phi) is 4.48. The van der Waals surface area contributed by atoms with E-state index >= 15 is 0 Å². The summed E-state index contributed by atoms with van der Waals surface area (Å²) < 4.78 is 26.6. The van der Waals surface area contributed by atoms with E-state index in [2.05, 4.69) is 4.99 Å². The maximum Gasteiger partial charge on any atom is 0.433 e. The first-order chi connectivity index (χ1) is 12.5. The van der Waals surface area contributed by atoms with Crippen molar-refractivity contribution < 1.29 is 33.1 Å². The first-order valence-electron chi connectivity index (χ1n) is 7.32. The van der Waals surface area contributed by atoms with Crippen molar-refractivity contribution in [3.8, 4) is 17.2 Å². The summed E-state index contributed by atoms with van der Waals surface area (Å²) in [5, 5.41) is 10.8. The Morgan fingerprint density at radius 2 is 1.92 bits per heavy atom. The third kappa shape index (κ3) is 2.70. The molecule has 0 radical (unpaired) electrons. The molecule has 0 fully saturated rings. The van der Waals surface area contributed by atoms with E-state index in [1.807, 2.05) is 0 Å². The Hall–Kier alpha value is -3.56. The Balaban J connectivity index is 2.20. The van der Waals surface area contributed by atoms with Gasteiger partial charge in [-0.05, 0) is 12.1 Å². The molecule has 0 saturated carbocycles. The molecule has 0 spiro atoms. The molecule has 2 heterocycles. The monoisotopic (exact) mass is 362 g/mol. The van der Waals surface area contributed by atoms with Crippen molar-refractivity contribution in [2.24, 2.45) is 4.99 Å². The van der Waals surface area contributed by atoms with Crippen molar-refractivity contribution in [2.75, 3.05) is 21.3 Å². The van der Waals surface area contributed by atoms with Gasteiger partial charge in [0.25, 0.3) is 5.90 Å². The Morgan fingerprint density at radius 1 is 1.19 bits per heavy atom. The third-order valence-corrected chi connectivity index (χ3v) is 3.70. The molecule has 1 aromatic heterocycles. The number of aldehydes is 1. The van der Waals surface area contributed by atoms with E-state index in [-0.39, 0.29) is 28.8 Å². The van der Waals surface area contributed by atoms with Gasteiger partial charge in [-0.25, -0.2) is 4.99 Å². The van der Waals surface area contributed by atoms with Gasteiger partial charge in [-0.3, -0.25) is 14.9 Å². The lowest BCUT2D eigenvalue weighted by molar-refractivity contribution is -0.402. The topological polar surface area (TPSA) is 123 Å². The summed E-state index contributed by atoms with van der Waals surface area (Å²) in [5.74, 6) is 0.300. The zero-order valence-corrected chi connectivity index (χ0v) is 14.0. The summed E-state index contributed by atoms with van der Waals surface area (Å²) in [6.07, 6.45) is -0.466. The highest BCUT2D eigenvalue weighted by atomic mass is 16.7. The minimum Gasteiger partial charge on any atom is -0.493 e. The number of nitro groups is 1. The van der Waals surface area contributed by atoms with Crippen LogP contribution in [0, 0.1) is 10.1 Å². The van der Waals surface area contributed by atoms with Crippen molar-refractivity contribution in [3.63, 3.8) is 0 Å². The van der Waals surface area contributed by atoms with Gasteiger partial charge in [0.1, 0.15) is 10.6 Å². The van der Waals surface area contributed by atoms with Crippen LogP contribution in [0.15, 0.2) is 27.6 Å². The first kappa shape index (κ1) is 17.3. The number of furan rings is 1. The molecule has 0 bridgehead atoms. The highest BCUT2D eigenvalue weighted by Gasteiger charge is 2.32. The van der Waals surface area contributed by atoms with Crippen LogP contribution in [0.4, 0.5) is 11.6 Å². The lowest BCUT2D eigenvalue weighted by Gasteiger charge is -2.24. The van der Waals surface area contributed by atoms with Gasteiger partial charge in [0.15, 0.2) is 29.6 Å². The Morgan fingerprint density at radius 3 is 2.46 bits per heavy atom. The second kappa shape index (κ2) is 6.75. The number of methoxy groups -OCH3 is 3. The molecule has 1 unspecified atom stereocenters. The maximum absolute atomic E-state index is 11.5. The number of carbonyl (C=O) groups excluding carboxylic acids is 1. The summed E-state index contributed by atoms with van der Waals surface area (Å²) in [7, 11) is 4.29. The highest BCUT2D eigenvalue weighted by Crippen LogP contribution is 2.50. The molecule has 10 heteroatoms. The van der Waals surface area contributed by atoms with Crippen LogP contribution in [0.25, 0.3) is 0 Å². The molecule has 2 aromatic rings. The minimum absolute atomic E-state index is 0.00559. The predicted octanol–water partition coefficient (Wildman–Crippen LogP) is 2.56. The molecule has 3 rings (SSSR count). The number of hydrogen-bond acceptors (Lipinski definition) is 9. The van der Waals surface area contributed by atoms with Crippen molar-refractivity contribution in [1.82, 2.24) is 0 Å². The third-order valence-electron chi connectivity index (χ3n) is 3.70. The molecule has 136 valence electrons. The van der Waals surface area contributed by atoms with Crippen molar-refractivity contribution in [2.45, 2.75) is 6.10 Å². The van der Waals surface area contributed by atoms with Crippen molar-refractivity contribution in [1.29, 1.82) is 0 Å². The first-order valence-corrected chi connectivity index (χ1v) is 7.32. The SMILES string of the molecule is COc1cc2c(c(OC)c1OC)N=C(c1ccc([N+](=O)[O-])o1)OC2C=O. The molecule has 0 N–H and O–H groups in total. The van der Waals surface area contributed by atoms with Crippen LogP contribution in [0.1, 0.15) is 17.4 Å². The number of rotatable bonds is 6. The molecule has 26 heavy (non-hydrogen) atoms. The van der Waals surface area contributed by atoms with Crippen LogP contribution < -0.4 is 14.2 Å². The number of ether oxygens (including phenoxy) is 4. The average Bonchev–Trinajstić information content (AvgIpc) is 3.15. The van der Waals surface area contributed by atoms with E-state index in [1.54, 1.807) is 6.07 Å². The Bertz CT molecular complexity index is 902. The fourth-order valence-corrected chi connectivity index (χ4v) is 2.56. The number of fused-ring (bicyclic) bond motifs is 1. The second-order valence-corrected chi connectivity index (χ2v) is 5.07. The lowest BCUT2D eigenvalue weighted by Crippen LogP contribution is -2.18. The second-order valence-electron chi connectivity index (χ2n) is 5.07. The zero-order valence-electron chi connectivity index (χ0n) is 14.0. The molecule has 0 aliphatic carbocycles. The number of benzene rings is 1. The summed E-state index contributed by atoms with van der Waals surface area (Å²) >= 11 is 0. The lowest BCUT2D eigenvalue weighted by atomic mass is 10.0. The largest absolute Gasteiger partial charge is 0.493 e. The molecule has 1 aliphatic heterocycles. The van der Waals surface area contributed by atoms with Gasteiger partial charge in [0, 0.05) is 5.56 Å².